The predicted molar refractivity (Wildman–Crippen MR) is 137 cm³/mol. The first-order chi connectivity index (χ1) is 17.4. The number of ether oxygens (including phenoxy) is 2. The SMILES string of the molecule is COc1ccc(-c2[nH]n3c(=O)cc(C(S)c4cccc(F)c4F)nc3c2-c2ccccc2)cc1OC. The van der Waals surface area contributed by atoms with Gasteiger partial charge in [-0.25, -0.2) is 18.3 Å². The Morgan fingerprint density at radius 2 is 1.67 bits per heavy atom. The largest absolute Gasteiger partial charge is 0.493 e. The van der Waals surface area contributed by atoms with Crippen LogP contribution in [0.3, 0.4) is 0 Å². The Morgan fingerprint density at radius 3 is 2.39 bits per heavy atom. The zero-order chi connectivity index (χ0) is 25.4. The first-order valence-electron chi connectivity index (χ1n) is 11.0. The lowest BCUT2D eigenvalue weighted by Crippen LogP contribution is -2.17. The highest BCUT2D eigenvalue weighted by molar-refractivity contribution is 7.80. The Labute approximate surface area is 210 Å². The average Bonchev–Trinajstić information content (AvgIpc) is 3.30. The van der Waals surface area contributed by atoms with E-state index in [0.717, 1.165) is 17.2 Å². The van der Waals surface area contributed by atoms with Crippen molar-refractivity contribution >= 4 is 18.3 Å². The second-order valence-electron chi connectivity index (χ2n) is 8.02. The van der Waals surface area contributed by atoms with Crippen molar-refractivity contribution in [2.75, 3.05) is 14.2 Å². The van der Waals surface area contributed by atoms with E-state index in [4.69, 9.17) is 14.5 Å². The molecule has 0 fully saturated rings. The minimum absolute atomic E-state index is 0.00788. The van der Waals surface area contributed by atoms with E-state index in [9.17, 15) is 13.6 Å². The molecule has 182 valence electrons. The third kappa shape index (κ3) is 4.01. The number of H-pyrrole nitrogens is 1. The molecule has 1 unspecified atom stereocenters. The summed E-state index contributed by atoms with van der Waals surface area (Å²) in [5.41, 5.74) is 2.90. The molecule has 0 aliphatic carbocycles. The van der Waals surface area contributed by atoms with E-state index in [1.165, 1.54) is 22.7 Å². The van der Waals surface area contributed by atoms with Crippen LogP contribution in [-0.4, -0.2) is 28.8 Å². The third-order valence-electron chi connectivity index (χ3n) is 5.93. The molecular weight excluding hydrogens is 484 g/mol. The van der Waals surface area contributed by atoms with E-state index in [1.807, 2.05) is 36.4 Å². The van der Waals surface area contributed by atoms with Gasteiger partial charge >= 0.3 is 0 Å². The molecule has 6 nitrogen and oxygen atoms in total. The molecule has 0 aliphatic heterocycles. The molecule has 36 heavy (non-hydrogen) atoms. The third-order valence-corrected chi connectivity index (χ3v) is 6.47. The Morgan fingerprint density at radius 1 is 0.917 bits per heavy atom. The van der Waals surface area contributed by atoms with Crippen LogP contribution in [0, 0.1) is 11.6 Å². The molecule has 5 aromatic rings. The van der Waals surface area contributed by atoms with Crippen LogP contribution in [0.25, 0.3) is 28.0 Å². The molecule has 9 heteroatoms. The monoisotopic (exact) mass is 505 g/mol. The van der Waals surface area contributed by atoms with Gasteiger partial charge in [0.15, 0.2) is 28.8 Å². The average molecular weight is 506 g/mol. The first kappa shape index (κ1) is 23.6. The van der Waals surface area contributed by atoms with Gasteiger partial charge in [-0.3, -0.25) is 9.89 Å². The summed E-state index contributed by atoms with van der Waals surface area (Å²) in [7, 11) is 3.10. The standard InChI is InChI=1S/C27H21F2N3O3S/c1-34-20-12-11-16(13-21(20)35-2)25-23(15-7-4-3-5-8-15)27-30-19(14-22(33)32(27)31-25)26(36)17-9-6-10-18(28)24(17)29/h3-14,26,31,36H,1-2H3. The molecule has 5 rings (SSSR count). The lowest BCUT2D eigenvalue weighted by Gasteiger charge is -2.12. The lowest BCUT2D eigenvalue weighted by atomic mass is 10.0. The van der Waals surface area contributed by atoms with Crippen molar-refractivity contribution < 1.29 is 18.3 Å². The van der Waals surface area contributed by atoms with Crippen LogP contribution in [0.4, 0.5) is 8.78 Å². The molecule has 0 saturated carbocycles. The number of nitrogens with one attached hydrogen (secondary N) is 1. The summed E-state index contributed by atoms with van der Waals surface area (Å²) in [6.45, 7) is 0. The number of fused-ring (bicyclic) bond motifs is 1. The smallest absolute Gasteiger partial charge is 0.272 e. The number of rotatable bonds is 6. The second kappa shape index (κ2) is 9.50. The Balaban J connectivity index is 1.77. The van der Waals surface area contributed by atoms with Crippen LogP contribution in [0.5, 0.6) is 11.5 Å². The molecule has 0 saturated heterocycles. The van der Waals surface area contributed by atoms with E-state index >= 15 is 0 Å². The van der Waals surface area contributed by atoms with E-state index in [-0.39, 0.29) is 11.3 Å². The maximum absolute atomic E-state index is 14.5. The van der Waals surface area contributed by atoms with Crippen molar-refractivity contribution in [3.8, 4) is 33.9 Å². The van der Waals surface area contributed by atoms with Gasteiger partial charge in [0.25, 0.3) is 5.56 Å². The zero-order valence-electron chi connectivity index (χ0n) is 19.3. The predicted octanol–water partition coefficient (Wildman–Crippen LogP) is 5.67. The van der Waals surface area contributed by atoms with Crippen molar-refractivity contribution in [1.82, 2.24) is 14.6 Å². The highest BCUT2D eigenvalue weighted by Gasteiger charge is 2.23. The molecule has 3 aromatic carbocycles. The lowest BCUT2D eigenvalue weighted by molar-refractivity contribution is 0.355. The number of methoxy groups -OCH3 is 2. The van der Waals surface area contributed by atoms with Crippen LogP contribution in [0.1, 0.15) is 16.5 Å². The quantitative estimate of drug-likeness (QED) is 0.292. The maximum atomic E-state index is 14.5. The van der Waals surface area contributed by atoms with Gasteiger partial charge in [0, 0.05) is 17.2 Å². The van der Waals surface area contributed by atoms with Crippen molar-refractivity contribution in [1.29, 1.82) is 0 Å². The number of nitrogens with zero attached hydrogens (tertiary/aromatic N) is 2. The molecule has 1 N–H and O–H groups in total. The summed E-state index contributed by atoms with van der Waals surface area (Å²) < 4.78 is 40.5. The van der Waals surface area contributed by atoms with Gasteiger partial charge in [0.2, 0.25) is 0 Å². The fraction of sp³-hybridized carbons (Fsp3) is 0.111. The number of aromatic amines is 1. The van der Waals surface area contributed by atoms with Crippen LogP contribution >= 0.6 is 12.6 Å². The van der Waals surface area contributed by atoms with Gasteiger partial charge in [0.1, 0.15) is 0 Å². The number of hydrogen-bond acceptors (Lipinski definition) is 5. The number of hydrogen-bond donors (Lipinski definition) is 2. The number of benzene rings is 3. The highest BCUT2D eigenvalue weighted by Crippen LogP contribution is 2.38. The molecule has 2 heterocycles. The van der Waals surface area contributed by atoms with Crippen molar-refractivity contribution in [2.24, 2.45) is 0 Å². The zero-order valence-corrected chi connectivity index (χ0v) is 20.2. The van der Waals surface area contributed by atoms with Crippen LogP contribution < -0.4 is 15.0 Å². The summed E-state index contributed by atoms with van der Waals surface area (Å²) in [5, 5.41) is 2.19. The molecule has 0 bridgehead atoms. The second-order valence-corrected chi connectivity index (χ2v) is 8.54. The van der Waals surface area contributed by atoms with E-state index in [2.05, 4.69) is 17.7 Å². The summed E-state index contributed by atoms with van der Waals surface area (Å²) >= 11 is 4.49. The fourth-order valence-electron chi connectivity index (χ4n) is 4.17. The van der Waals surface area contributed by atoms with Crippen LogP contribution in [-0.2, 0) is 0 Å². The number of aromatic nitrogens is 3. The molecular formula is C27H21F2N3O3S. The molecule has 0 spiro atoms. The molecule has 2 aromatic heterocycles. The van der Waals surface area contributed by atoms with E-state index < -0.39 is 22.4 Å². The van der Waals surface area contributed by atoms with Crippen LogP contribution in [0.2, 0.25) is 0 Å². The van der Waals surface area contributed by atoms with Crippen molar-refractivity contribution in [2.45, 2.75) is 5.25 Å². The topological polar surface area (TPSA) is 68.6 Å². The highest BCUT2D eigenvalue weighted by atomic mass is 32.1. The van der Waals surface area contributed by atoms with Crippen molar-refractivity contribution in [3.05, 3.63) is 106 Å². The van der Waals surface area contributed by atoms with Gasteiger partial charge in [-0.2, -0.15) is 12.6 Å². The number of halogens is 2. The van der Waals surface area contributed by atoms with Gasteiger partial charge < -0.3 is 9.47 Å². The minimum Gasteiger partial charge on any atom is -0.493 e. The minimum atomic E-state index is -1.03. The van der Waals surface area contributed by atoms with Gasteiger partial charge in [-0.15, -0.1) is 0 Å². The van der Waals surface area contributed by atoms with Gasteiger partial charge in [0.05, 0.1) is 36.4 Å². The normalized spacial score (nSPS) is 12.0. The van der Waals surface area contributed by atoms with Crippen LogP contribution in [0.15, 0.2) is 77.6 Å². The fourth-order valence-corrected chi connectivity index (χ4v) is 4.50. The summed E-state index contributed by atoms with van der Waals surface area (Å²) in [6, 6.07) is 20.0. The van der Waals surface area contributed by atoms with E-state index in [0.29, 0.717) is 28.4 Å². The maximum Gasteiger partial charge on any atom is 0.272 e. The number of thiol groups is 1. The van der Waals surface area contributed by atoms with Gasteiger partial charge in [-0.05, 0) is 29.8 Å². The van der Waals surface area contributed by atoms with Crippen molar-refractivity contribution in [3.63, 3.8) is 0 Å². The Hall–Kier alpha value is -4.11. The molecule has 1 atom stereocenters. The first-order valence-corrected chi connectivity index (χ1v) is 11.5. The Bertz CT molecular complexity index is 1630. The van der Waals surface area contributed by atoms with Gasteiger partial charge in [-0.1, -0.05) is 42.5 Å². The summed E-state index contributed by atoms with van der Waals surface area (Å²) in [6.07, 6.45) is 0. The summed E-state index contributed by atoms with van der Waals surface area (Å²) in [4.78, 5) is 17.9. The van der Waals surface area contributed by atoms with E-state index in [1.54, 1.807) is 26.4 Å². The molecule has 0 amide bonds. The summed E-state index contributed by atoms with van der Waals surface area (Å²) in [5.74, 6) is -0.938. The molecule has 0 aliphatic rings. The molecule has 0 radical (unpaired) electrons. The Kier molecular flexibility index (Phi) is 6.24.